The average molecular weight is 605 g/mol. The van der Waals surface area contributed by atoms with Crippen molar-refractivity contribution in [3.63, 3.8) is 0 Å². The molecule has 40 heavy (non-hydrogen) atoms. The Labute approximate surface area is 245 Å². The predicted octanol–water partition coefficient (Wildman–Crippen LogP) is 6.60. The van der Waals surface area contributed by atoms with Crippen LogP contribution in [-0.4, -0.2) is 38.0 Å². The van der Waals surface area contributed by atoms with Crippen LogP contribution in [-0.2, 0) is 19.7 Å². The predicted molar refractivity (Wildman–Crippen MR) is 156 cm³/mol. The van der Waals surface area contributed by atoms with Gasteiger partial charge in [0.15, 0.2) is 0 Å². The van der Waals surface area contributed by atoms with Crippen LogP contribution in [0, 0.1) is 11.2 Å². The SMILES string of the molecule is COC(=O)c1sc(NC=O)cc1-c1cc2c(cc1Cl)NC(=O)[C@@]21[C@H](CC(C)(C)C)NC[C@@H]1c1cccc(Cl)c1F. The summed E-state index contributed by atoms with van der Waals surface area (Å²) in [5, 5.41) is 9.81. The molecule has 210 valence electrons. The summed E-state index contributed by atoms with van der Waals surface area (Å²) >= 11 is 14.0. The Morgan fingerprint density at radius 1 is 1.23 bits per heavy atom. The Balaban J connectivity index is 1.77. The molecule has 2 amide bonds. The molecular weight excluding hydrogens is 576 g/mol. The molecule has 0 bridgehead atoms. The maximum absolute atomic E-state index is 15.5. The van der Waals surface area contributed by atoms with Crippen molar-refractivity contribution in [2.45, 2.75) is 44.6 Å². The minimum Gasteiger partial charge on any atom is -0.465 e. The molecule has 1 saturated heterocycles. The maximum Gasteiger partial charge on any atom is 0.348 e. The van der Waals surface area contributed by atoms with Crippen molar-refractivity contribution in [1.29, 1.82) is 0 Å². The van der Waals surface area contributed by atoms with Gasteiger partial charge in [-0.3, -0.25) is 9.59 Å². The minimum atomic E-state index is -1.20. The molecule has 3 aromatic rings. The molecule has 7 nitrogen and oxygen atoms in total. The lowest BCUT2D eigenvalue weighted by Gasteiger charge is -2.37. The number of thiophene rings is 1. The normalized spacial score (nSPS) is 21.8. The van der Waals surface area contributed by atoms with Crippen molar-refractivity contribution in [2.24, 2.45) is 5.41 Å². The fraction of sp³-hybridized carbons (Fsp3) is 0.345. The number of carbonyl (C=O) groups excluding carboxylic acids is 3. The van der Waals surface area contributed by atoms with Gasteiger partial charge in [-0.2, -0.15) is 0 Å². The number of fused-ring (bicyclic) bond motifs is 2. The van der Waals surface area contributed by atoms with Crippen molar-refractivity contribution in [3.05, 3.63) is 68.3 Å². The second-order valence-corrected chi connectivity index (χ2v) is 13.1. The molecule has 3 N–H and O–H groups in total. The van der Waals surface area contributed by atoms with Gasteiger partial charge in [0.2, 0.25) is 12.3 Å². The number of hydrogen-bond donors (Lipinski definition) is 3. The number of carbonyl (C=O) groups is 3. The van der Waals surface area contributed by atoms with Gasteiger partial charge in [-0.25, -0.2) is 9.18 Å². The van der Waals surface area contributed by atoms with Crippen LogP contribution < -0.4 is 16.0 Å². The lowest BCUT2D eigenvalue weighted by molar-refractivity contribution is -0.122. The van der Waals surface area contributed by atoms with Gasteiger partial charge in [0.1, 0.15) is 10.7 Å². The van der Waals surface area contributed by atoms with Crippen LogP contribution in [0.25, 0.3) is 11.1 Å². The molecule has 2 aromatic carbocycles. The largest absolute Gasteiger partial charge is 0.465 e. The smallest absolute Gasteiger partial charge is 0.348 e. The van der Waals surface area contributed by atoms with Crippen molar-refractivity contribution >= 4 is 63.5 Å². The standard InChI is InChI=1S/C29H28Cl2FN3O4S/c1-28(2,3)11-22-29(18(12-33-22)14-6-5-7-19(30)24(14)32)17-8-15(20(31)10-21(17)35-27(29)38)16-9-23(34-13-36)40-25(16)26(37)39-4/h5-10,13,18,22,33H,11-12H2,1-4H3,(H,34,36)(H,35,38)/t18-,22+,29+/m1/s1. The summed E-state index contributed by atoms with van der Waals surface area (Å²) in [4.78, 5) is 38.2. The van der Waals surface area contributed by atoms with Crippen molar-refractivity contribution in [2.75, 3.05) is 24.3 Å². The second-order valence-electron chi connectivity index (χ2n) is 11.2. The monoisotopic (exact) mass is 603 g/mol. The number of esters is 1. The maximum atomic E-state index is 15.5. The van der Waals surface area contributed by atoms with Gasteiger partial charge in [-0.05, 0) is 47.2 Å². The summed E-state index contributed by atoms with van der Waals surface area (Å²) in [6.07, 6.45) is 1.14. The fourth-order valence-electron chi connectivity index (χ4n) is 6.05. The van der Waals surface area contributed by atoms with Crippen molar-refractivity contribution in [3.8, 4) is 11.1 Å². The van der Waals surface area contributed by atoms with E-state index in [0.29, 0.717) is 57.3 Å². The molecule has 1 spiro atoms. The van der Waals surface area contributed by atoms with E-state index in [4.69, 9.17) is 27.9 Å². The Kier molecular flexibility index (Phi) is 7.46. The molecular formula is C29H28Cl2FN3O4S. The number of hydrogen-bond acceptors (Lipinski definition) is 6. The minimum absolute atomic E-state index is 0.0152. The molecule has 0 unspecified atom stereocenters. The van der Waals surface area contributed by atoms with Crippen LogP contribution >= 0.6 is 34.5 Å². The summed E-state index contributed by atoms with van der Waals surface area (Å²) in [7, 11) is 1.27. The number of rotatable bonds is 6. The van der Waals surface area contributed by atoms with Crippen molar-refractivity contribution in [1.82, 2.24) is 5.32 Å². The molecule has 0 saturated carbocycles. The van der Waals surface area contributed by atoms with E-state index >= 15 is 4.39 Å². The Hall–Kier alpha value is -2.98. The van der Waals surface area contributed by atoms with Crippen LogP contribution in [0.15, 0.2) is 36.4 Å². The first-order chi connectivity index (χ1) is 18.9. The molecule has 0 aliphatic carbocycles. The van der Waals surface area contributed by atoms with E-state index in [1.165, 1.54) is 13.2 Å². The van der Waals surface area contributed by atoms with Gasteiger partial charge in [0.05, 0.1) is 27.6 Å². The summed E-state index contributed by atoms with van der Waals surface area (Å²) in [5.74, 6) is -1.99. The molecule has 1 fully saturated rings. The average Bonchev–Trinajstić information content (AvgIpc) is 3.54. The third kappa shape index (κ3) is 4.59. The molecule has 11 heteroatoms. The first kappa shape index (κ1) is 28.5. The summed E-state index contributed by atoms with van der Waals surface area (Å²) in [6.45, 7) is 6.62. The number of halogens is 3. The van der Waals surface area contributed by atoms with Gasteiger partial charge >= 0.3 is 5.97 Å². The van der Waals surface area contributed by atoms with Crippen molar-refractivity contribution < 1.29 is 23.5 Å². The Morgan fingerprint density at radius 3 is 2.65 bits per heavy atom. The van der Waals surface area contributed by atoms with E-state index in [1.807, 2.05) is 0 Å². The van der Waals surface area contributed by atoms with Crippen LogP contribution in [0.2, 0.25) is 10.0 Å². The Bertz CT molecular complexity index is 1540. The lowest BCUT2D eigenvalue weighted by atomic mass is 9.63. The summed E-state index contributed by atoms with van der Waals surface area (Å²) in [5.41, 5.74) is 1.09. The van der Waals surface area contributed by atoms with Crippen LogP contribution in [0.3, 0.4) is 0 Å². The van der Waals surface area contributed by atoms with Gasteiger partial charge in [-0.15, -0.1) is 11.3 Å². The molecule has 2 aliphatic heterocycles. The van der Waals surface area contributed by atoms with Crippen LogP contribution in [0.5, 0.6) is 0 Å². The first-order valence-electron chi connectivity index (χ1n) is 12.7. The van der Waals surface area contributed by atoms with Gasteiger partial charge in [0.25, 0.3) is 0 Å². The molecule has 3 heterocycles. The molecule has 5 rings (SSSR count). The second kappa shape index (κ2) is 10.4. The third-order valence-electron chi connectivity index (χ3n) is 7.61. The van der Waals surface area contributed by atoms with Gasteiger partial charge < -0.3 is 20.7 Å². The highest BCUT2D eigenvalue weighted by atomic mass is 35.5. The van der Waals surface area contributed by atoms with E-state index in [2.05, 4.69) is 36.7 Å². The zero-order valence-electron chi connectivity index (χ0n) is 22.3. The quantitative estimate of drug-likeness (QED) is 0.218. The number of nitrogens with one attached hydrogen (secondary N) is 3. The van der Waals surface area contributed by atoms with Gasteiger partial charge in [0, 0.05) is 35.3 Å². The third-order valence-corrected chi connectivity index (χ3v) is 9.26. The fourth-order valence-corrected chi connectivity index (χ4v) is 7.44. The van der Waals surface area contributed by atoms with Gasteiger partial charge in [-0.1, -0.05) is 56.1 Å². The highest BCUT2D eigenvalue weighted by Crippen LogP contribution is 2.56. The molecule has 1 aromatic heterocycles. The number of methoxy groups -OCH3 is 1. The number of anilines is 2. The summed E-state index contributed by atoms with van der Waals surface area (Å²) < 4.78 is 20.5. The molecule has 0 radical (unpaired) electrons. The van der Waals surface area contributed by atoms with E-state index in [1.54, 1.807) is 30.3 Å². The number of ether oxygens (including phenoxy) is 1. The zero-order chi connectivity index (χ0) is 29.0. The van der Waals surface area contributed by atoms with Crippen LogP contribution in [0.4, 0.5) is 15.1 Å². The lowest BCUT2D eigenvalue weighted by Crippen LogP contribution is -2.49. The van der Waals surface area contributed by atoms with E-state index < -0.39 is 23.1 Å². The molecule has 2 aliphatic rings. The van der Waals surface area contributed by atoms with Crippen LogP contribution in [0.1, 0.15) is 53.9 Å². The highest BCUT2D eigenvalue weighted by Gasteiger charge is 2.62. The number of benzene rings is 2. The first-order valence-corrected chi connectivity index (χ1v) is 14.2. The number of amides is 2. The molecule has 3 atom stereocenters. The van der Waals surface area contributed by atoms with E-state index in [9.17, 15) is 14.4 Å². The van der Waals surface area contributed by atoms with E-state index in [-0.39, 0.29) is 27.3 Å². The zero-order valence-corrected chi connectivity index (χ0v) is 24.6. The highest BCUT2D eigenvalue weighted by molar-refractivity contribution is 7.18. The summed E-state index contributed by atoms with van der Waals surface area (Å²) in [6, 6.07) is 9.59. The topological polar surface area (TPSA) is 96.5 Å². The Morgan fingerprint density at radius 2 is 1.98 bits per heavy atom. The van der Waals surface area contributed by atoms with E-state index in [0.717, 1.165) is 11.3 Å².